The number of rotatable bonds is 4. The van der Waals surface area contributed by atoms with Crippen LogP contribution in [0.1, 0.15) is 35.9 Å². The van der Waals surface area contributed by atoms with Crippen molar-refractivity contribution in [2.24, 2.45) is 7.05 Å². The lowest BCUT2D eigenvalue weighted by Crippen LogP contribution is -2.34. The topological polar surface area (TPSA) is 56.0 Å². The second kappa shape index (κ2) is 6.45. The summed E-state index contributed by atoms with van der Waals surface area (Å²) in [6.45, 7) is 7.10. The molecule has 0 fully saturated rings. The number of aryl methyl sites for hydroxylation is 3. The van der Waals surface area contributed by atoms with Crippen LogP contribution < -0.4 is 5.56 Å². The highest BCUT2D eigenvalue weighted by atomic mass is 35.5. The normalized spacial score (nSPS) is 15.0. The van der Waals surface area contributed by atoms with E-state index < -0.39 is 0 Å². The van der Waals surface area contributed by atoms with Crippen molar-refractivity contribution in [3.63, 3.8) is 0 Å². The Morgan fingerprint density at radius 1 is 1.35 bits per heavy atom. The van der Waals surface area contributed by atoms with E-state index in [0.29, 0.717) is 11.7 Å². The number of halogens is 1. The van der Waals surface area contributed by atoms with Crippen molar-refractivity contribution >= 4 is 11.6 Å². The van der Waals surface area contributed by atoms with Crippen molar-refractivity contribution in [3.8, 4) is 0 Å². The third-order valence-corrected chi connectivity index (χ3v) is 4.78. The Hall–Kier alpha value is -1.66. The van der Waals surface area contributed by atoms with E-state index in [-0.39, 0.29) is 5.56 Å². The zero-order chi connectivity index (χ0) is 16.6. The van der Waals surface area contributed by atoms with E-state index in [2.05, 4.69) is 22.0 Å². The van der Waals surface area contributed by atoms with Crippen LogP contribution in [0.5, 0.6) is 0 Å². The molecule has 0 unspecified atom stereocenters. The van der Waals surface area contributed by atoms with Crippen molar-refractivity contribution in [2.75, 3.05) is 6.54 Å². The van der Waals surface area contributed by atoms with Crippen LogP contribution in [0.2, 0.25) is 5.15 Å². The summed E-state index contributed by atoms with van der Waals surface area (Å²) in [5.41, 5.74) is 4.09. The zero-order valence-electron chi connectivity index (χ0n) is 13.8. The number of nitrogens with zero attached hydrogens (tertiary/aromatic N) is 5. The minimum absolute atomic E-state index is 0.0111. The lowest BCUT2D eigenvalue weighted by molar-refractivity contribution is 0.240. The Labute approximate surface area is 140 Å². The van der Waals surface area contributed by atoms with Crippen LogP contribution in [0.15, 0.2) is 10.9 Å². The van der Waals surface area contributed by atoms with E-state index >= 15 is 0 Å². The van der Waals surface area contributed by atoms with E-state index in [1.54, 1.807) is 15.4 Å². The van der Waals surface area contributed by atoms with Gasteiger partial charge in [0.25, 0.3) is 5.56 Å². The van der Waals surface area contributed by atoms with Gasteiger partial charge in [-0.15, -0.1) is 0 Å². The second-order valence-corrected chi connectivity index (χ2v) is 6.47. The molecule has 3 rings (SSSR count). The second-order valence-electron chi connectivity index (χ2n) is 6.12. The monoisotopic (exact) mass is 335 g/mol. The summed E-state index contributed by atoms with van der Waals surface area (Å²) in [5.74, 6) is 0. The molecule has 0 amide bonds. The molecule has 7 heteroatoms. The Morgan fingerprint density at radius 3 is 2.78 bits per heavy atom. The predicted octanol–water partition coefficient (Wildman–Crippen LogP) is 1.91. The number of hydrogen-bond donors (Lipinski definition) is 0. The van der Waals surface area contributed by atoms with E-state index in [9.17, 15) is 4.79 Å². The molecule has 0 spiro atoms. The highest BCUT2D eigenvalue weighted by molar-refractivity contribution is 6.30. The summed E-state index contributed by atoms with van der Waals surface area (Å²) in [6.07, 6.45) is 1.77. The van der Waals surface area contributed by atoms with E-state index in [1.807, 2.05) is 14.0 Å². The Balaban J connectivity index is 1.80. The zero-order valence-corrected chi connectivity index (χ0v) is 14.6. The van der Waals surface area contributed by atoms with Crippen molar-refractivity contribution < 1.29 is 0 Å². The molecule has 0 bridgehead atoms. The fraction of sp³-hybridized carbons (Fsp3) is 0.562. The molecule has 0 saturated carbocycles. The Bertz CT molecular complexity index is 780. The third kappa shape index (κ3) is 3.19. The summed E-state index contributed by atoms with van der Waals surface area (Å²) in [7, 11) is 1.85. The van der Waals surface area contributed by atoms with Crippen LogP contribution in [0.3, 0.4) is 0 Å². The fourth-order valence-electron chi connectivity index (χ4n) is 3.08. The van der Waals surface area contributed by atoms with Gasteiger partial charge in [-0.3, -0.25) is 14.4 Å². The van der Waals surface area contributed by atoms with Gasteiger partial charge in [0.2, 0.25) is 0 Å². The summed E-state index contributed by atoms with van der Waals surface area (Å²) in [6, 6.07) is 1.74. The van der Waals surface area contributed by atoms with Crippen molar-refractivity contribution in [1.29, 1.82) is 0 Å². The van der Waals surface area contributed by atoms with Crippen LogP contribution >= 0.6 is 11.6 Å². The van der Waals surface area contributed by atoms with Gasteiger partial charge in [0, 0.05) is 51.3 Å². The molecule has 0 radical (unpaired) electrons. The van der Waals surface area contributed by atoms with Crippen molar-refractivity contribution in [3.05, 3.63) is 44.1 Å². The average Bonchev–Trinajstić information content (AvgIpc) is 2.75. The summed E-state index contributed by atoms with van der Waals surface area (Å²) in [4.78, 5) is 14.4. The first-order chi connectivity index (χ1) is 11.0. The van der Waals surface area contributed by atoms with E-state index in [1.165, 1.54) is 0 Å². The van der Waals surface area contributed by atoms with Crippen LogP contribution in [0.25, 0.3) is 0 Å². The van der Waals surface area contributed by atoms with Gasteiger partial charge in [0.05, 0.1) is 11.4 Å². The van der Waals surface area contributed by atoms with Gasteiger partial charge in [-0.05, 0) is 18.9 Å². The third-order valence-electron chi connectivity index (χ3n) is 4.31. The number of aromatic nitrogens is 4. The standard InChI is InChI=1S/C16H22ClN5O/c1-4-6-22-15(23)8-12-9-21(7-5-14(12)19-22)10-13-11(2)18-20(3)16(13)17/h8H,4-7,9-10H2,1-3H3. The van der Waals surface area contributed by atoms with Gasteiger partial charge >= 0.3 is 0 Å². The van der Waals surface area contributed by atoms with Crippen LogP contribution in [0.4, 0.5) is 0 Å². The molecular weight excluding hydrogens is 314 g/mol. The minimum Gasteiger partial charge on any atom is -0.294 e. The molecule has 124 valence electrons. The minimum atomic E-state index is -0.0111. The van der Waals surface area contributed by atoms with Gasteiger partial charge in [-0.25, -0.2) is 4.68 Å². The average molecular weight is 336 g/mol. The lowest BCUT2D eigenvalue weighted by atomic mass is 10.1. The molecule has 0 N–H and O–H groups in total. The Kier molecular flexibility index (Phi) is 4.55. The molecule has 0 aliphatic carbocycles. The largest absolute Gasteiger partial charge is 0.294 e. The van der Waals surface area contributed by atoms with Crippen molar-refractivity contribution in [2.45, 2.75) is 46.3 Å². The maximum atomic E-state index is 12.1. The molecule has 2 aromatic rings. The number of fused-ring (bicyclic) bond motifs is 1. The highest BCUT2D eigenvalue weighted by Gasteiger charge is 2.22. The first-order valence-electron chi connectivity index (χ1n) is 7.99. The van der Waals surface area contributed by atoms with E-state index in [0.717, 1.165) is 55.0 Å². The first kappa shape index (κ1) is 16.2. The summed E-state index contributed by atoms with van der Waals surface area (Å²) < 4.78 is 3.28. The molecule has 0 atom stereocenters. The van der Waals surface area contributed by atoms with Gasteiger partial charge in [0.1, 0.15) is 5.15 Å². The van der Waals surface area contributed by atoms with Gasteiger partial charge in [0.15, 0.2) is 0 Å². The van der Waals surface area contributed by atoms with E-state index in [4.69, 9.17) is 11.6 Å². The quantitative estimate of drug-likeness (QED) is 0.856. The summed E-state index contributed by atoms with van der Waals surface area (Å²) in [5, 5.41) is 9.56. The molecule has 3 heterocycles. The Morgan fingerprint density at radius 2 is 2.13 bits per heavy atom. The van der Waals surface area contributed by atoms with Crippen LogP contribution in [-0.4, -0.2) is 31.0 Å². The molecule has 1 aliphatic heterocycles. The van der Waals surface area contributed by atoms with Gasteiger partial charge < -0.3 is 0 Å². The molecule has 1 aliphatic rings. The maximum absolute atomic E-state index is 12.1. The SMILES string of the molecule is CCCn1nc2c(cc1=O)CN(Cc1c(C)nn(C)c1Cl)CC2. The lowest BCUT2D eigenvalue weighted by Gasteiger charge is -2.28. The highest BCUT2D eigenvalue weighted by Crippen LogP contribution is 2.23. The maximum Gasteiger partial charge on any atom is 0.267 e. The van der Waals surface area contributed by atoms with Gasteiger partial charge in [-0.1, -0.05) is 18.5 Å². The predicted molar refractivity (Wildman–Crippen MR) is 89.6 cm³/mol. The number of hydrogen-bond acceptors (Lipinski definition) is 4. The first-order valence-corrected chi connectivity index (χ1v) is 8.37. The van der Waals surface area contributed by atoms with Crippen LogP contribution in [-0.2, 0) is 33.1 Å². The molecule has 2 aromatic heterocycles. The molecule has 0 aromatic carbocycles. The van der Waals surface area contributed by atoms with Crippen LogP contribution in [0, 0.1) is 6.92 Å². The van der Waals surface area contributed by atoms with Crippen molar-refractivity contribution in [1.82, 2.24) is 24.5 Å². The molecule has 0 saturated heterocycles. The fourth-order valence-corrected chi connectivity index (χ4v) is 3.32. The molecular formula is C16H22ClN5O. The molecule has 6 nitrogen and oxygen atoms in total. The molecule has 23 heavy (non-hydrogen) atoms. The van der Waals surface area contributed by atoms with Gasteiger partial charge in [-0.2, -0.15) is 10.2 Å². The smallest absolute Gasteiger partial charge is 0.267 e. The summed E-state index contributed by atoms with van der Waals surface area (Å²) >= 11 is 6.32.